The highest BCUT2D eigenvalue weighted by molar-refractivity contribution is 7.95. The summed E-state index contributed by atoms with van der Waals surface area (Å²) in [6, 6.07) is 31.4. The van der Waals surface area contributed by atoms with Crippen LogP contribution in [0.4, 0.5) is 0 Å². The molecule has 0 aromatic heterocycles. The van der Waals surface area contributed by atoms with Crippen molar-refractivity contribution in [2.45, 2.75) is 12.8 Å². The number of benzene rings is 3. The van der Waals surface area contributed by atoms with E-state index in [2.05, 4.69) is 72.8 Å². The van der Waals surface area contributed by atoms with Gasteiger partial charge in [-0.25, -0.2) is 0 Å². The lowest BCUT2D eigenvalue weighted by Gasteiger charge is -2.30. The highest BCUT2D eigenvalue weighted by Crippen LogP contribution is 2.48. The lowest BCUT2D eigenvalue weighted by atomic mass is 10.3. The first-order chi connectivity index (χ1) is 12.3. The molecule has 25 heavy (non-hydrogen) atoms. The first-order valence-corrected chi connectivity index (χ1v) is 10.2. The van der Waals surface area contributed by atoms with Gasteiger partial charge >= 0.3 is 5.97 Å². The van der Waals surface area contributed by atoms with Crippen molar-refractivity contribution in [3.8, 4) is 0 Å². The number of hydrogen-bond acceptors (Lipinski definition) is 2. The van der Waals surface area contributed by atoms with Crippen LogP contribution >= 0.6 is 6.89 Å². The molecule has 1 fully saturated rings. The molecule has 0 N–H and O–H groups in total. The number of ether oxygens (including phenoxy) is 1. The van der Waals surface area contributed by atoms with Crippen molar-refractivity contribution >= 4 is 34.2 Å². The van der Waals surface area contributed by atoms with Gasteiger partial charge in [0.25, 0.3) is 0 Å². The average Bonchev–Trinajstić information content (AvgIpc) is 3.12. The van der Waals surface area contributed by atoms with Gasteiger partial charge in [-0.1, -0.05) is 91.0 Å². The van der Waals surface area contributed by atoms with Crippen LogP contribution in [-0.2, 0) is 9.53 Å². The summed E-state index contributed by atoms with van der Waals surface area (Å²) >= 11 is 0. The minimum atomic E-state index is -2.16. The molecule has 0 atom stereocenters. The Hall–Kier alpha value is -2.57. The molecule has 3 aromatic rings. The molecular weight excluding hydrogens is 327 g/mol. The molecule has 0 aliphatic carbocycles. The SMILES string of the molecule is O=C1CCC(=P(c2ccccc2)(c2ccccc2)c2ccccc2)O1. The van der Waals surface area contributed by atoms with Crippen molar-refractivity contribution in [3.05, 3.63) is 91.0 Å². The van der Waals surface area contributed by atoms with Gasteiger partial charge in [-0.2, -0.15) is 0 Å². The molecule has 1 saturated heterocycles. The molecule has 0 amide bonds. The summed E-state index contributed by atoms with van der Waals surface area (Å²) in [7, 11) is 0. The van der Waals surface area contributed by atoms with Crippen LogP contribution in [0.3, 0.4) is 0 Å². The molecule has 0 saturated carbocycles. The van der Waals surface area contributed by atoms with E-state index in [1.165, 1.54) is 15.9 Å². The van der Waals surface area contributed by atoms with Gasteiger partial charge in [-0.15, -0.1) is 0 Å². The standard InChI is InChI=1S/C22H19O2P/c23-21-16-17-22(24-21)25(18-10-4-1-5-11-18,19-12-6-2-7-13-19)20-14-8-3-9-15-20/h1-15H,16-17H2. The second-order valence-corrected chi connectivity index (χ2v) is 9.43. The van der Waals surface area contributed by atoms with Crippen LogP contribution in [-0.4, -0.2) is 11.4 Å². The zero-order valence-corrected chi connectivity index (χ0v) is 14.7. The molecular formula is C22H19O2P. The first-order valence-electron chi connectivity index (χ1n) is 8.45. The van der Waals surface area contributed by atoms with Crippen LogP contribution in [0, 0.1) is 0 Å². The summed E-state index contributed by atoms with van der Waals surface area (Å²) in [6.45, 7) is -2.16. The maximum absolute atomic E-state index is 12.0. The third-order valence-corrected chi connectivity index (χ3v) is 8.86. The van der Waals surface area contributed by atoms with Crippen LogP contribution in [0.1, 0.15) is 12.8 Å². The Labute approximate surface area is 148 Å². The van der Waals surface area contributed by atoms with Gasteiger partial charge in [-0.3, -0.25) is 4.79 Å². The molecule has 1 heterocycles. The Morgan fingerprint density at radius 3 is 1.32 bits per heavy atom. The number of esters is 1. The smallest absolute Gasteiger partial charge is 0.311 e. The average molecular weight is 346 g/mol. The summed E-state index contributed by atoms with van der Waals surface area (Å²) in [4.78, 5) is 12.0. The Morgan fingerprint density at radius 2 is 1.00 bits per heavy atom. The van der Waals surface area contributed by atoms with Gasteiger partial charge < -0.3 is 4.74 Å². The fourth-order valence-electron chi connectivity index (χ4n) is 3.51. The van der Waals surface area contributed by atoms with Crippen molar-refractivity contribution in [3.63, 3.8) is 0 Å². The summed E-state index contributed by atoms with van der Waals surface area (Å²) < 4.78 is 5.82. The number of carbonyl (C=O) groups is 1. The highest BCUT2D eigenvalue weighted by Gasteiger charge is 2.34. The molecule has 3 heteroatoms. The molecule has 3 aromatic carbocycles. The molecule has 0 unspecified atom stereocenters. The normalized spacial score (nSPS) is 14.4. The van der Waals surface area contributed by atoms with E-state index in [1.54, 1.807) is 0 Å². The van der Waals surface area contributed by atoms with Crippen LogP contribution in [0.5, 0.6) is 0 Å². The summed E-state index contributed by atoms with van der Waals surface area (Å²) in [5, 5.41) is 3.66. The second-order valence-electron chi connectivity index (χ2n) is 6.05. The van der Waals surface area contributed by atoms with Crippen LogP contribution < -0.4 is 15.9 Å². The van der Waals surface area contributed by atoms with E-state index < -0.39 is 6.89 Å². The van der Waals surface area contributed by atoms with Crippen molar-refractivity contribution in [1.29, 1.82) is 0 Å². The number of carbonyl (C=O) groups excluding carboxylic acids is 1. The lowest BCUT2D eigenvalue weighted by molar-refractivity contribution is -0.132. The number of cyclic esters (lactones) is 1. The minimum Gasteiger partial charge on any atom is -0.430 e. The Morgan fingerprint density at radius 1 is 0.600 bits per heavy atom. The first kappa shape index (κ1) is 15.9. The summed E-state index contributed by atoms with van der Waals surface area (Å²) in [6.07, 6.45) is 1.15. The lowest BCUT2D eigenvalue weighted by Crippen LogP contribution is -2.30. The molecule has 0 bridgehead atoms. The monoisotopic (exact) mass is 346 g/mol. The van der Waals surface area contributed by atoms with E-state index in [-0.39, 0.29) is 5.97 Å². The molecule has 1 aliphatic heterocycles. The van der Waals surface area contributed by atoms with E-state index in [9.17, 15) is 4.79 Å². The Bertz CT molecular complexity index is 828. The van der Waals surface area contributed by atoms with Gasteiger partial charge in [0.2, 0.25) is 0 Å². The van der Waals surface area contributed by atoms with Gasteiger partial charge in [0.05, 0.1) is 6.42 Å². The van der Waals surface area contributed by atoms with E-state index in [1.807, 2.05) is 18.2 Å². The van der Waals surface area contributed by atoms with E-state index in [4.69, 9.17) is 4.74 Å². The molecule has 2 nitrogen and oxygen atoms in total. The molecule has 0 radical (unpaired) electrons. The van der Waals surface area contributed by atoms with Crippen LogP contribution in [0.2, 0.25) is 0 Å². The molecule has 1 aliphatic rings. The van der Waals surface area contributed by atoms with E-state index in [0.29, 0.717) is 12.8 Å². The predicted molar refractivity (Wildman–Crippen MR) is 105 cm³/mol. The predicted octanol–water partition coefficient (Wildman–Crippen LogP) is 3.45. The van der Waals surface area contributed by atoms with Crippen LogP contribution in [0.15, 0.2) is 91.0 Å². The molecule has 4 rings (SSSR count). The molecule has 124 valence electrons. The van der Waals surface area contributed by atoms with E-state index >= 15 is 0 Å². The minimum absolute atomic E-state index is 0.123. The van der Waals surface area contributed by atoms with Crippen molar-refractivity contribution in [2.24, 2.45) is 0 Å². The quantitative estimate of drug-likeness (QED) is 0.536. The van der Waals surface area contributed by atoms with Gasteiger partial charge in [-0.05, 0) is 15.9 Å². The van der Waals surface area contributed by atoms with Crippen molar-refractivity contribution in [2.75, 3.05) is 0 Å². The Kier molecular flexibility index (Phi) is 4.29. The van der Waals surface area contributed by atoms with Gasteiger partial charge in [0.15, 0.2) is 0 Å². The summed E-state index contributed by atoms with van der Waals surface area (Å²) in [5.41, 5.74) is 0.918. The fraction of sp³-hybridized carbons (Fsp3) is 0.0909. The van der Waals surface area contributed by atoms with Gasteiger partial charge in [0.1, 0.15) is 5.48 Å². The third-order valence-electron chi connectivity index (χ3n) is 4.58. The molecule has 0 spiro atoms. The van der Waals surface area contributed by atoms with Gasteiger partial charge in [0, 0.05) is 13.3 Å². The Balaban J connectivity index is 2.16. The zero-order valence-electron chi connectivity index (χ0n) is 13.8. The maximum atomic E-state index is 12.0. The fourth-order valence-corrected chi connectivity index (χ4v) is 7.81. The largest absolute Gasteiger partial charge is 0.430 e. The second kappa shape index (κ2) is 6.74. The van der Waals surface area contributed by atoms with Crippen LogP contribution in [0.25, 0.3) is 0 Å². The topological polar surface area (TPSA) is 26.3 Å². The number of rotatable bonds is 3. The van der Waals surface area contributed by atoms with E-state index in [0.717, 1.165) is 5.48 Å². The summed E-state index contributed by atoms with van der Waals surface area (Å²) in [5.74, 6) is -0.123. The highest BCUT2D eigenvalue weighted by atomic mass is 31.2. The third kappa shape index (κ3) is 2.73. The van der Waals surface area contributed by atoms with Crippen molar-refractivity contribution in [1.82, 2.24) is 0 Å². The maximum Gasteiger partial charge on any atom is 0.311 e. The number of hydrogen-bond donors (Lipinski definition) is 0. The van der Waals surface area contributed by atoms with Crippen molar-refractivity contribution < 1.29 is 9.53 Å². The zero-order chi connectivity index (χ0) is 17.1.